The summed E-state index contributed by atoms with van der Waals surface area (Å²) in [5.74, 6) is 0.387. The molecule has 140 valence electrons. The number of carbonyl (C=O) groups excluding carboxylic acids is 2. The van der Waals surface area contributed by atoms with Crippen molar-refractivity contribution in [3.63, 3.8) is 0 Å². The van der Waals surface area contributed by atoms with E-state index in [1.54, 1.807) is 9.80 Å². The lowest BCUT2D eigenvalue weighted by Crippen LogP contribution is -2.52. The molecule has 4 rings (SSSR count). The molecule has 0 spiro atoms. The Hall–Kier alpha value is -2.66. The van der Waals surface area contributed by atoms with Crippen molar-refractivity contribution in [2.75, 3.05) is 37.6 Å². The van der Waals surface area contributed by atoms with Crippen LogP contribution in [0.25, 0.3) is 0 Å². The van der Waals surface area contributed by atoms with E-state index in [0.717, 1.165) is 30.8 Å². The fourth-order valence-electron chi connectivity index (χ4n) is 4.01. The number of aryl methyl sites for hydroxylation is 1. The zero-order valence-electron chi connectivity index (χ0n) is 15.6. The molecule has 27 heavy (non-hydrogen) atoms. The van der Waals surface area contributed by atoms with E-state index >= 15 is 0 Å². The smallest absolute Gasteiger partial charge is 0.254 e. The molecule has 2 amide bonds. The number of piperazine rings is 1. The topological polar surface area (TPSA) is 52.6 Å². The fourth-order valence-corrected chi connectivity index (χ4v) is 4.01. The molecule has 0 aliphatic carbocycles. The second-order valence-electron chi connectivity index (χ2n) is 7.37. The van der Waals surface area contributed by atoms with Crippen molar-refractivity contribution in [3.05, 3.63) is 65.2 Å². The summed E-state index contributed by atoms with van der Waals surface area (Å²) in [6, 6.07) is 15.8. The van der Waals surface area contributed by atoms with E-state index in [9.17, 15) is 9.59 Å². The number of nitrogens with one attached hydrogen (secondary N) is 1. The molecule has 5 heteroatoms. The molecule has 1 atom stereocenters. The maximum Gasteiger partial charge on any atom is 0.254 e. The lowest BCUT2D eigenvalue weighted by atomic mass is 9.96. The SMILES string of the molecule is Cc1ccccc1N1CCN(C(=O)c2cccc([C@@H]3CCNC3)c2)CC1=O. The van der Waals surface area contributed by atoms with Crippen LogP contribution in [0.3, 0.4) is 0 Å². The number of carbonyl (C=O) groups is 2. The maximum absolute atomic E-state index is 13.0. The summed E-state index contributed by atoms with van der Waals surface area (Å²) in [6.07, 6.45) is 1.10. The van der Waals surface area contributed by atoms with E-state index in [1.807, 2.05) is 49.4 Å². The van der Waals surface area contributed by atoms with Crippen LogP contribution in [0, 0.1) is 6.92 Å². The zero-order chi connectivity index (χ0) is 18.8. The van der Waals surface area contributed by atoms with Gasteiger partial charge in [0, 0.05) is 30.9 Å². The summed E-state index contributed by atoms with van der Waals surface area (Å²) in [4.78, 5) is 29.1. The Bertz CT molecular complexity index is 858. The van der Waals surface area contributed by atoms with Crippen LogP contribution in [0.2, 0.25) is 0 Å². The monoisotopic (exact) mass is 363 g/mol. The number of rotatable bonds is 3. The molecule has 0 bridgehead atoms. The molecule has 2 aromatic rings. The highest BCUT2D eigenvalue weighted by atomic mass is 16.2. The minimum Gasteiger partial charge on any atom is -0.328 e. The van der Waals surface area contributed by atoms with Gasteiger partial charge >= 0.3 is 0 Å². The van der Waals surface area contributed by atoms with Crippen LogP contribution in [-0.4, -0.2) is 49.4 Å². The average molecular weight is 363 g/mol. The molecule has 2 fully saturated rings. The number of hydrogen-bond donors (Lipinski definition) is 1. The predicted molar refractivity (Wildman–Crippen MR) is 106 cm³/mol. The van der Waals surface area contributed by atoms with Gasteiger partial charge in [0.05, 0.1) is 0 Å². The summed E-state index contributed by atoms with van der Waals surface area (Å²) >= 11 is 0. The highest BCUT2D eigenvalue weighted by molar-refractivity contribution is 6.02. The number of para-hydroxylation sites is 1. The third kappa shape index (κ3) is 3.60. The Balaban J connectivity index is 1.47. The van der Waals surface area contributed by atoms with Crippen LogP contribution < -0.4 is 10.2 Å². The maximum atomic E-state index is 13.0. The highest BCUT2D eigenvalue weighted by Crippen LogP contribution is 2.25. The van der Waals surface area contributed by atoms with Gasteiger partial charge in [-0.05, 0) is 55.1 Å². The molecule has 2 saturated heterocycles. The summed E-state index contributed by atoms with van der Waals surface area (Å²) in [5, 5.41) is 3.37. The predicted octanol–water partition coefficient (Wildman–Crippen LogP) is 2.56. The van der Waals surface area contributed by atoms with Crippen molar-refractivity contribution in [2.45, 2.75) is 19.3 Å². The van der Waals surface area contributed by atoms with E-state index in [0.29, 0.717) is 24.6 Å². The fraction of sp³-hybridized carbons (Fsp3) is 0.364. The molecule has 0 aromatic heterocycles. The third-order valence-corrected chi connectivity index (χ3v) is 5.58. The van der Waals surface area contributed by atoms with Crippen molar-refractivity contribution in [2.24, 2.45) is 0 Å². The molecule has 2 heterocycles. The molecule has 0 saturated carbocycles. The van der Waals surface area contributed by atoms with Gasteiger partial charge in [0.2, 0.25) is 5.91 Å². The summed E-state index contributed by atoms with van der Waals surface area (Å²) in [5.41, 5.74) is 3.89. The van der Waals surface area contributed by atoms with Crippen molar-refractivity contribution >= 4 is 17.5 Å². The van der Waals surface area contributed by atoms with E-state index in [1.165, 1.54) is 5.56 Å². The van der Waals surface area contributed by atoms with E-state index in [2.05, 4.69) is 11.4 Å². The van der Waals surface area contributed by atoms with Gasteiger partial charge < -0.3 is 15.1 Å². The van der Waals surface area contributed by atoms with Crippen LogP contribution in [0.5, 0.6) is 0 Å². The minimum absolute atomic E-state index is 0.0277. The van der Waals surface area contributed by atoms with Crippen LogP contribution in [0.1, 0.15) is 33.8 Å². The molecule has 1 N–H and O–H groups in total. The van der Waals surface area contributed by atoms with Gasteiger partial charge in [-0.25, -0.2) is 0 Å². The number of nitrogens with zero attached hydrogens (tertiary/aromatic N) is 2. The Morgan fingerprint density at radius 3 is 2.70 bits per heavy atom. The molecule has 0 radical (unpaired) electrons. The van der Waals surface area contributed by atoms with E-state index in [-0.39, 0.29) is 18.4 Å². The molecular weight excluding hydrogens is 338 g/mol. The van der Waals surface area contributed by atoms with Crippen molar-refractivity contribution in [1.29, 1.82) is 0 Å². The van der Waals surface area contributed by atoms with Gasteiger partial charge in [0.15, 0.2) is 0 Å². The molecule has 0 unspecified atom stereocenters. The second-order valence-corrected chi connectivity index (χ2v) is 7.37. The van der Waals surface area contributed by atoms with Gasteiger partial charge in [-0.15, -0.1) is 0 Å². The van der Waals surface area contributed by atoms with Crippen LogP contribution in [0.15, 0.2) is 48.5 Å². The van der Waals surface area contributed by atoms with E-state index < -0.39 is 0 Å². The van der Waals surface area contributed by atoms with Gasteiger partial charge in [0.1, 0.15) is 6.54 Å². The Morgan fingerprint density at radius 2 is 1.96 bits per heavy atom. The average Bonchev–Trinajstić information content (AvgIpc) is 3.23. The Labute approximate surface area is 160 Å². The van der Waals surface area contributed by atoms with E-state index in [4.69, 9.17) is 0 Å². The Morgan fingerprint density at radius 1 is 1.11 bits per heavy atom. The standard InChI is InChI=1S/C22H25N3O2/c1-16-5-2-3-8-20(16)25-12-11-24(15-21(25)26)22(27)18-7-4-6-17(13-18)19-9-10-23-14-19/h2-8,13,19,23H,9-12,14-15H2,1H3/t19-/m1/s1. The van der Waals surface area contributed by atoms with Crippen LogP contribution in [-0.2, 0) is 4.79 Å². The molecule has 2 aliphatic heterocycles. The van der Waals surface area contributed by atoms with Gasteiger partial charge in [-0.2, -0.15) is 0 Å². The molecular formula is C22H25N3O2. The number of amides is 2. The van der Waals surface area contributed by atoms with Gasteiger partial charge in [-0.3, -0.25) is 9.59 Å². The number of benzene rings is 2. The summed E-state index contributed by atoms with van der Waals surface area (Å²) in [6.45, 7) is 5.20. The highest BCUT2D eigenvalue weighted by Gasteiger charge is 2.29. The molecule has 2 aliphatic rings. The third-order valence-electron chi connectivity index (χ3n) is 5.58. The minimum atomic E-state index is -0.0550. The first-order chi connectivity index (χ1) is 13.1. The quantitative estimate of drug-likeness (QED) is 0.912. The van der Waals surface area contributed by atoms with Crippen molar-refractivity contribution < 1.29 is 9.59 Å². The first-order valence-electron chi connectivity index (χ1n) is 9.59. The first-order valence-corrected chi connectivity index (χ1v) is 9.59. The summed E-state index contributed by atoms with van der Waals surface area (Å²) < 4.78 is 0. The lowest BCUT2D eigenvalue weighted by molar-refractivity contribution is -0.120. The summed E-state index contributed by atoms with van der Waals surface area (Å²) in [7, 11) is 0. The molecule has 5 nitrogen and oxygen atoms in total. The number of hydrogen-bond acceptors (Lipinski definition) is 3. The van der Waals surface area contributed by atoms with Crippen molar-refractivity contribution in [1.82, 2.24) is 10.2 Å². The molecule has 2 aromatic carbocycles. The van der Waals surface area contributed by atoms with Crippen LogP contribution >= 0.6 is 0 Å². The number of anilines is 1. The normalized spacial score (nSPS) is 20.2. The zero-order valence-corrected chi connectivity index (χ0v) is 15.6. The largest absolute Gasteiger partial charge is 0.328 e. The lowest BCUT2D eigenvalue weighted by Gasteiger charge is -2.35. The van der Waals surface area contributed by atoms with Crippen molar-refractivity contribution in [3.8, 4) is 0 Å². The van der Waals surface area contributed by atoms with Gasteiger partial charge in [-0.1, -0.05) is 30.3 Å². The van der Waals surface area contributed by atoms with Gasteiger partial charge in [0.25, 0.3) is 5.91 Å². The van der Waals surface area contributed by atoms with Crippen LogP contribution in [0.4, 0.5) is 5.69 Å². The Kier molecular flexibility index (Phi) is 4.94. The second kappa shape index (κ2) is 7.53. The first kappa shape index (κ1) is 17.7.